The molecule has 0 unspecified atom stereocenters. The molecule has 1 saturated heterocycles. The van der Waals surface area contributed by atoms with E-state index in [9.17, 15) is 4.79 Å². The maximum absolute atomic E-state index is 12.5. The number of hydrogen-bond donors (Lipinski definition) is 1. The van der Waals surface area contributed by atoms with Gasteiger partial charge < -0.3 is 10.2 Å². The van der Waals surface area contributed by atoms with E-state index in [1.165, 1.54) is 5.56 Å². The standard InChI is InChI=1S/C23H25N5O/c29-22(26-17-20-7-4-11-24-16-20)21-8-12-25-23(27-21)28-13-9-19(10-14-28)15-18-5-2-1-3-6-18/h1-8,11-12,16,19H,9-10,13-15,17H2,(H,26,29). The fraction of sp³-hybridized carbons (Fsp3) is 0.304. The number of anilines is 1. The van der Waals surface area contributed by atoms with Gasteiger partial charge in [0.15, 0.2) is 0 Å². The van der Waals surface area contributed by atoms with Crippen LogP contribution in [0.15, 0.2) is 67.1 Å². The Labute approximate surface area is 171 Å². The minimum absolute atomic E-state index is 0.198. The molecule has 3 heterocycles. The Hall–Kier alpha value is -3.28. The van der Waals surface area contributed by atoms with Gasteiger partial charge in [-0.1, -0.05) is 36.4 Å². The van der Waals surface area contributed by atoms with E-state index >= 15 is 0 Å². The van der Waals surface area contributed by atoms with Gasteiger partial charge >= 0.3 is 0 Å². The van der Waals surface area contributed by atoms with Crippen LogP contribution in [0.25, 0.3) is 0 Å². The van der Waals surface area contributed by atoms with Crippen LogP contribution in [0.3, 0.4) is 0 Å². The molecule has 148 valence electrons. The average molecular weight is 387 g/mol. The molecule has 0 saturated carbocycles. The van der Waals surface area contributed by atoms with E-state index in [0.29, 0.717) is 24.1 Å². The van der Waals surface area contributed by atoms with E-state index in [4.69, 9.17) is 0 Å². The van der Waals surface area contributed by atoms with Crippen LogP contribution in [-0.4, -0.2) is 33.9 Å². The first-order valence-electron chi connectivity index (χ1n) is 10.1. The van der Waals surface area contributed by atoms with Gasteiger partial charge in [-0.25, -0.2) is 9.97 Å². The molecule has 1 aliphatic rings. The molecule has 6 heteroatoms. The van der Waals surface area contributed by atoms with Crippen LogP contribution in [0.2, 0.25) is 0 Å². The third-order valence-corrected chi connectivity index (χ3v) is 5.32. The number of piperidine rings is 1. The zero-order valence-corrected chi connectivity index (χ0v) is 16.4. The van der Waals surface area contributed by atoms with Gasteiger partial charge in [0.2, 0.25) is 5.95 Å². The van der Waals surface area contributed by atoms with Crippen LogP contribution in [0.4, 0.5) is 5.95 Å². The topological polar surface area (TPSA) is 71.0 Å². The monoisotopic (exact) mass is 387 g/mol. The minimum Gasteiger partial charge on any atom is -0.347 e. The highest BCUT2D eigenvalue weighted by Crippen LogP contribution is 2.24. The van der Waals surface area contributed by atoms with E-state index in [2.05, 4.69) is 55.5 Å². The van der Waals surface area contributed by atoms with Gasteiger partial charge in [0.1, 0.15) is 5.69 Å². The van der Waals surface area contributed by atoms with E-state index in [1.54, 1.807) is 24.7 Å². The molecule has 2 aromatic heterocycles. The first-order chi connectivity index (χ1) is 14.3. The first-order valence-corrected chi connectivity index (χ1v) is 10.1. The number of rotatable bonds is 6. The first kappa shape index (κ1) is 19.1. The van der Waals surface area contributed by atoms with Crippen molar-refractivity contribution in [1.82, 2.24) is 20.3 Å². The molecule has 29 heavy (non-hydrogen) atoms. The highest BCUT2D eigenvalue weighted by atomic mass is 16.1. The van der Waals surface area contributed by atoms with Crippen LogP contribution in [0.5, 0.6) is 0 Å². The largest absolute Gasteiger partial charge is 0.347 e. The Morgan fingerprint density at radius 3 is 2.55 bits per heavy atom. The molecular formula is C23H25N5O. The molecule has 3 aromatic rings. The molecular weight excluding hydrogens is 362 g/mol. The predicted molar refractivity (Wildman–Crippen MR) is 113 cm³/mol. The summed E-state index contributed by atoms with van der Waals surface area (Å²) in [6.45, 7) is 2.26. The number of benzene rings is 1. The number of amides is 1. The summed E-state index contributed by atoms with van der Waals surface area (Å²) in [7, 11) is 0. The molecule has 0 bridgehead atoms. The molecule has 1 aliphatic heterocycles. The van der Waals surface area contributed by atoms with Gasteiger partial charge in [-0.05, 0) is 48.4 Å². The SMILES string of the molecule is O=C(NCc1cccnc1)c1ccnc(N2CCC(Cc3ccccc3)CC2)n1. The summed E-state index contributed by atoms with van der Waals surface area (Å²) in [5, 5.41) is 2.89. The average Bonchev–Trinajstić information content (AvgIpc) is 2.79. The van der Waals surface area contributed by atoms with Crippen molar-refractivity contribution in [3.63, 3.8) is 0 Å². The summed E-state index contributed by atoms with van der Waals surface area (Å²) in [6, 6.07) is 16.1. The van der Waals surface area contributed by atoms with Crippen molar-refractivity contribution in [3.8, 4) is 0 Å². The van der Waals surface area contributed by atoms with Crippen LogP contribution in [0, 0.1) is 5.92 Å². The second-order valence-electron chi connectivity index (χ2n) is 7.41. The van der Waals surface area contributed by atoms with Crippen LogP contribution < -0.4 is 10.2 Å². The highest BCUT2D eigenvalue weighted by molar-refractivity contribution is 5.92. The van der Waals surface area contributed by atoms with Gasteiger partial charge in [0.05, 0.1) is 0 Å². The number of aromatic nitrogens is 3. The quantitative estimate of drug-likeness (QED) is 0.703. The van der Waals surface area contributed by atoms with Gasteiger partial charge in [-0.15, -0.1) is 0 Å². The summed E-state index contributed by atoms with van der Waals surface area (Å²) >= 11 is 0. The number of nitrogens with zero attached hydrogens (tertiary/aromatic N) is 4. The summed E-state index contributed by atoms with van der Waals surface area (Å²) in [4.78, 5) is 27.6. The maximum Gasteiger partial charge on any atom is 0.270 e. The molecule has 1 aromatic carbocycles. The zero-order chi connectivity index (χ0) is 19.9. The Kier molecular flexibility index (Phi) is 6.10. The van der Waals surface area contributed by atoms with Crippen molar-refractivity contribution in [3.05, 3.63) is 83.9 Å². The summed E-state index contributed by atoms with van der Waals surface area (Å²) in [5.41, 5.74) is 2.75. The fourth-order valence-electron chi connectivity index (χ4n) is 3.69. The molecule has 1 fully saturated rings. The van der Waals surface area contributed by atoms with Gasteiger partial charge in [-0.3, -0.25) is 9.78 Å². The summed E-state index contributed by atoms with van der Waals surface area (Å²) < 4.78 is 0. The molecule has 0 aliphatic carbocycles. The second kappa shape index (κ2) is 9.28. The van der Waals surface area contributed by atoms with Crippen LogP contribution >= 0.6 is 0 Å². The van der Waals surface area contributed by atoms with E-state index in [1.807, 2.05) is 12.1 Å². The molecule has 0 spiro atoms. The lowest BCUT2D eigenvalue weighted by Gasteiger charge is -2.32. The van der Waals surface area contributed by atoms with Crippen LogP contribution in [0.1, 0.15) is 34.5 Å². The predicted octanol–water partition coefficient (Wildman–Crippen LogP) is 3.26. The minimum atomic E-state index is -0.198. The number of carbonyl (C=O) groups is 1. The fourth-order valence-corrected chi connectivity index (χ4v) is 3.69. The van der Waals surface area contributed by atoms with Crippen molar-refractivity contribution in [2.45, 2.75) is 25.8 Å². The Balaban J connectivity index is 1.32. The Bertz CT molecular complexity index is 924. The van der Waals surface area contributed by atoms with Gasteiger partial charge in [0.25, 0.3) is 5.91 Å². The molecule has 4 rings (SSSR count). The Morgan fingerprint density at radius 2 is 1.79 bits per heavy atom. The molecule has 0 atom stereocenters. The summed E-state index contributed by atoms with van der Waals surface area (Å²) in [5.74, 6) is 1.12. The van der Waals surface area contributed by atoms with Gasteiger partial charge in [0, 0.05) is 38.2 Å². The smallest absolute Gasteiger partial charge is 0.270 e. The number of carbonyl (C=O) groups excluding carboxylic acids is 1. The lowest BCUT2D eigenvalue weighted by atomic mass is 9.90. The molecule has 6 nitrogen and oxygen atoms in total. The van der Waals surface area contributed by atoms with Crippen LogP contribution in [-0.2, 0) is 13.0 Å². The number of hydrogen-bond acceptors (Lipinski definition) is 5. The maximum atomic E-state index is 12.5. The molecule has 1 amide bonds. The van der Waals surface area contributed by atoms with Crippen molar-refractivity contribution in [2.75, 3.05) is 18.0 Å². The molecule has 1 N–H and O–H groups in total. The van der Waals surface area contributed by atoms with E-state index in [0.717, 1.165) is 37.9 Å². The third kappa shape index (κ3) is 5.16. The Morgan fingerprint density at radius 1 is 1.00 bits per heavy atom. The number of nitrogens with one attached hydrogen (secondary N) is 1. The third-order valence-electron chi connectivity index (χ3n) is 5.32. The van der Waals surface area contributed by atoms with Gasteiger partial charge in [-0.2, -0.15) is 0 Å². The van der Waals surface area contributed by atoms with E-state index < -0.39 is 0 Å². The van der Waals surface area contributed by atoms with Crippen molar-refractivity contribution in [2.24, 2.45) is 5.92 Å². The van der Waals surface area contributed by atoms with Crippen molar-refractivity contribution >= 4 is 11.9 Å². The lowest BCUT2D eigenvalue weighted by molar-refractivity contribution is 0.0945. The molecule has 0 radical (unpaired) electrons. The highest BCUT2D eigenvalue weighted by Gasteiger charge is 2.22. The normalized spacial score (nSPS) is 14.6. The second-order valence-corrected chi connectivity index (χ2v) is 7.41. The summed E-state index contributed by atoms with van der Waals surface area (Å²) in [6.07, 6.45) is 8.45. The van der Waals surface area contributed by atoms with Crippen molar-refractivity contribution < 1.29 is 4.79 Å². The lowest BCUT2D eigenvalue weighted by Crippen LogP contribution is -2.36. The van der Waals surface area contributed by atoms with E-state index in [-0.39, 0.29) is 5.91 Å². The zero-order valence-electron chi connectivity index (χ0n) is 16.4. The van der Waals surface area contributed by atoms with Crippen molar-refractivity contribution in [1.29, 1.82) is 0 Å². The number of pyridine rings is 1.